The fourth-order valence-electron chi connectivity index (χ4n) is 3.00. The highest BCUT2D eigenvalue weighted by atomic mass is 32.2. The van der Waals surface area contributed by atoms with Gasteiger partial charge in [-0.1, -0.05) is 25.8 Å². The molecule has 0 heterocycles. The molecule has 1 aromatic carbocycles. The smallest absolute Gasteiger partial charge is 0.323 e. The van der Waals surface area contributed by atoms with Gasteiger partial charge in [0.2, 0.25) is 10.0 Å². The van der Waals surface area contributed by atoms with Crippen LogP contribution in [-0.2, 0) is 14.8 Å². The van der Waals surface area contributed by atoms with Crippen molar-refractivity contribution in [2.45, 2.75) is 50.0 Å². The van der Waals surface area contributed by atoms with Crippen LogP contribution < -0.4 is 4.72 Å². The van der Waals surface area contributed by atoms with Gasteiger partial charge in [0.05, 0.1) is 4.90 Å². The molecule has 0 atom stereocenters. The van der Waals surface area contributed by atoms with Gasteiger partial charge in [0.15, 0.2) is 0 Å². The number of carboxylic acids is 1. The molecule has 1 fully saturated rings. The number of amides is 1. The molecule has 0 radical (unpaired) electrons. The van der Waals surface area contributed by atoms with Gasteiger partial charge >= 0.3 is 5.97 Å². The average molecular weight is 368 g/mol. The number of hydrogen-bond acceptors (Lipinski definition) is 4. The first-order chi connectivity index (χ1) is 11.8. The van der Waals surface area contributed by atoms with E-state index in [-0.39, 0.29) is 16.5 Å². The first-order valence-corrected chi connectivity index (χ1v) is 9.95. The topological polar surface area (TPSA) is 104 Å². The van der Waals surface area contributed by atoms with E-state index in [4.69, 9.17) is 5.11 Å². The van der Waals surface area contributed by atoms with Crippen LogP contribution in [0.1, 0.15) is 49.4 Å². The second kappa shape index (κ2) is 8.44. The fourth-order valence-corrected chi connectivity index (χ4v) is 4.35. The van der Waals surface area contributed by atoms with Crippen molar-refractivity contribution < 1.29 is 23.1 Å². The molecule has 8 heteroatoms. The lowest BCUT2D eigenvalue weighted by Crippen LogP contribution is -2.36. The van der Waals surface area contributed by atoms with Gasteiger partial charge in [-0.3, -0.25) is 9.59 Å². The molecule has 1 amide bonds. The summed E-state index contributed by atoms with van der Waals surface area (Å²) in [6.07, 6.45) is 4.27. The minimum atomic E-state index is -3.70. The Hall–Kier alpha value is -1.93. The van der Waals surface area contributed by atoms with Crippen molar-refractivity contribution in [3.63, 3.8) is 0 Å². The number of carboxylic acid groups (broad SMARTS) is 1. The molecule has 0 saturated heterocycles. The second-order valence-corrected chi connectivity index (χ2v) is 7.96. The molecule has 138 valence electrons. The van der Waals surface area contributed by atoms with Gasteiger partial charge < -0.3 is 10.0 Å². The van der Waals surface area contributed by atoms with Crippen molar-refractivity contribution >= 4 is 21.9 Å². The van der Waals surface area contributed by atoms with Gasteiger partial charge in [0.1, 0.15) is 6.54 Å². The van der Waals surface area contributed by atoms with Gasteiger partial charge in [-0.25, -0.2) is 13.1 Å². The number of aliphatic carboxylic acids is 1. The normalized spacial score (nSPS) is 15.2. The summed E-state index contributed by atoms with van der Waals surface area (Å²) >= 11 is 0. The molecule has 2 N–H and O–H groups in total. The summed E-state index contributed by atoms with van der Waals surface area (Å²) in [4.78, 5) is 24.7. The predicted octanol–water partition coefficient (Wildman–Crippen LogP) is 1.84. The molecule has 0 spiro atoms. The zero-order chi connectivity index (χ0) is 18.4. The van der Waals surface area contributed by atoms with Crippen molar-refractivity contribution in [3.8, 4) is 0 Å². The summed E-state index contributed by atoms with van der Waals surface area (Å²) in [7, 11) is -3.70. The Labute approximate surface area is 148 Å². The van der Waals surface area contributed by atoms with Gasteiger partial charge in [-0.05, 0) is 37.5 Å². The Kier molecular flexibility index (Phi) is 6.55. The highest BCUT2D eigenvalue weighted by molar-refractivity contribution is 7.89. The molecule has 7 nitrogen and oxygen atoms in total. The van der Waals surface area contributed by atoms with Gasteiger partial charge in [-0.2, -0.15) is 0 Å². The SMILES string of the molecule is CCCN(CC(=O)O)C(=O)c1cccc(S(=O)(=O)NC2CCCC2)c1. The summed E-state index contributed by atoms with van der Waals surface area (Å²) in [5, 5.41) is 8.95. The number of rotatable bonds is 8. The van der Waals surface area contributed by atoms with E-state index in [0.29, 0.717) is 13.0 Å². The van der Waals surface area contributed by atoms with Crippen LogP contribution in [0, 0.1) is 0 Å². The van der Waals surface area contributed by atoms with Crippen LogP contribution in [0.3, 0.4) is 0 Å². The standard InChI is InChI=1S/C17H24N2O5S/c1-2-10-19(12-16(20)21)17(22)13-6-5-9-15(11-13)25(23,24)18-14-7-3-4-8-14/h5-6,9,11,14,18H,2-4,7-8,10,12H2,1H3,(H,20,21). The van der Waals surface area contributed by atoms with Crippen LogP contribution in [0.15, 0.2) is 29.2 Å². The van der Waals surface area contributed by atoms with Crippen molar-refractivity contribution in [2.24, 2.45) is 0 Å². The highest BCUT2D eigenvalue weighted by Gasteiger charge is 2.24. The molecule has 1 saturated carbocycles. The highest BCUT2D eigenvalue weighted by Crippen LogP contribution is 2.21. The van der Waals surface area contributed by atoms with E-state index in [9.17, 15) is 18.0 Å². The molecule has 0 unspecified atom stereocenters. The maximum Gasteiger partial charge on any atom is 0.323 e. The van der Waals surface area contributed by atoms with Crippen molar-refractivity contribution in [2.75, 3.05) is 13.1 Å². The molecule has 0 bridgehead atoms. The number of carbonyl (C=O) groups excluding carboxylic acids is 1. The van der Waals surface area contributed by atoms with Crippen LogP contribution >= 0.6 is 0 Å². The number of nitrogens with zero attached hydrogens (tertiary/aromatic N) is 1. The summed E-state index contributed by atoms with van der Waals surface area (Å²) < 4.78 is 27.7. The largest absolute Gasteiger partial charge is 0.480 e. The number of hydrogen-bond donors (Lipinski definition) is 2. The first kappa shape index (κ1) is 19.4. The number of benzene rings is 1. The first-order valence-electron chi connectivity index (χ1n) is 8.47. The van der Waals surface area contributed by atoms with E-state index >= 15 is 0 Å². The summed E-state index contributed by atoms with van der Waals surface area (Å²) in [5.41, 5.74) is 0.170. The molecular weight excluding hydrogens is 344 g/mol. The van der Waals surface area contributed by atoms with Gasteiger partial charge in [-0.15, -0.1) is 0 Å². The molecule has 0 aliphatic heterocycles. The monoisotopic (exact) mass is 368 g/mol. The van der Waals surface area contributed by atoms with Crippen molar-refractivity contribution in [3.05, 3.63) is 29.8 Å². The number of nitrogens with one attached hydrogen (secondary N) is 1. The summed E-state index contributed by atoms with van der Waals surface area (Å²) in [6, 6.07) is 5.69. The van der Waals surface area contributed by atoms with Gasteiger partial charge in [0.25, 0.3) is 5.91 Å². The fraction of sp³-hybridized carbons (Fsp3) is 0.529. The Morgan fingerprint density at radius 3 is 2.56 bits per heavy atom. The molecule has 0 aromatic heterocycles. The molecule has 1 aliphatic carbocycles. The van der Waals surface area contributed by atoms with Crippen LogP contribution in [0.4, 0.5) is 0 Å². The van der Waals surface area contributed by atoms with E-state index in [1.54, 1.807) is 0 Å². The predicted molar refractivity (Wildman–Crippen MR) is 92.8 cm³/mol. The maximum atomic E-state index is 12.5. The van der Waals surface area contributed by atoms with E-state index in [1.807, 2.05) is 6.92 Å². The van der Waals surface area contributed by atoms with Crippen LogP contribution in [0.5, 0.6) is 0 Å². The lowest BCUT2D eigenvalue weighted by atomic mass is 10.2. The third kappa shape index (κ3) is 5.27. The van der Waals surface area contributed by atoms with Crippen molar-refractivity contribution in [1.82, 2.24) is 9.62 Å². The lowest BCUT2D eigenvalue weighted by molar-refractivity contribution is -0.137. The molecule has 2 rings (SSSR count). The van der Waals surface area contributed by atoms with E-state index in [2.05, 4.69) is 4.72 Å². The number of sulfonamides is 1. The quantitative estimate of drug-likeness (QED) is 0.729. The summed E-state index contributed by atoms with van der Waals surface area (Å²) in [5.74, 6) is -1.59. The third-order valence-electron chi connectivity index (χ3n) is 4.18. The average Bonchev–Trinajstić information content (AvgIpc) is 3.06. The zero-order valence-electron chi connectivity index (χ0n) is 14.3. The molecule has 25 heavy (non-hydrogen) atoms. The maximum absolute atomic E-state index is 12.5. The van der Waals surface area contributed by atoms with Crippen LogP contribution in [0.25, 0.3) is 0 Å². The van der Waals surface area contributed by atoms with Crippen LogP contribution in [-0.4, -0.2) is 49.4 Å². The Morgan fingerprint density at radius 2 is 1.96 bits per heavy atom. The van der Waals surface area contributed by atoms with Crippen LogP contribution in [0.2, 0.25) is 0 Å². The molecule has 1 aliphatic rings. The van der Waals surface area contributed by atoms with Gasteiger partial charge in [0, 0.05) is 18.2 Å². The lowest BCUT2D eigenvalue weighted by Gasteiger charge is -2.20. The minimum absolute atomic E-state index is 0.0250. The minimum Gasteiger partial charge on any atom is -0.480 e. The summed E-state index contributed by atoms with van der Waals surface area (Å²) in [6.45, 7) is 1.72. The van der Waals surface area contributed by atoms with E-state index < -0.39 is 28.4 Å². The van der Waals surface area contributed by atoms with E-state index in [1.165, 1.54) is 29.2 Å². The Morgan fingerprint density at radius 1 is 1.28 bits per heavy atom. The number of carbonyl (C=O) groups is 2. The Bertz CT molecular complexity index is 726. The molecular formula is C17H24N2O5S. The Balaban J connectivity index is 2.21. The van der Waals surface area contributed by atoms with E-state index in [0.717, 1.165) is 25.7 Å². The third-order valence-corrected chi connectivity index (χ3v) is 5.69. The molecule has 1 aromatic rings. The zero-order valence-corrected chi connectivity index (χ0v) is 15.1. The van der Waals surface area contributed by atoms with Crippen molar-refractivity contribution in [1.29, 1.82) is 0 Å². The second-order valence-electron chi connectivity index (χ2n) is 6.25.